The topological polar surface area (TPSA) is 79.3 Å². The molecule has 3 aromatic carbocycles. The van der Waals surface area contributed by atoms with E-state index in [9.17, 15) is 26.7 Å². The number of hydrogen-bond donors (Lipinski definition) is 1. The van der Waals surface area contributed by atoms with E-state index in [1.165, 1.54) is 55.3 Å². The lowest BCUT2D eigenvalue weighted by Crippen LogP contribution is -2.31. The number of nitrogens with zero attached hydrogens (tertiary/aromatic N) is 2. The first kappa shape index (κ1) is 28.1. The van der Waals surface area contributed by atoms with E-state index in [2.05, 4.69) is 25.6 Å². The van der Waals surface area contributed by atoms with Crippen LogP contribution >= 0.6 is 15.9 Å². The minimum absolute atomic E-state index is 0.00707. The number of likely N-dealkylation sites (tertiary alicyclic amines) is 1. The molecule has 0 radical (unpaired) electrons. The Balaban J connectivity index is 1.64. The van der Waals surface area contributed by atoms with Gasteiger partial charge in [-0.2, -0.15) is 0 Å². The van der Waals surface area contributed by atoms with E-state index in [1.807, 2.05) is 0 Å². The van der Waals surface area contributed by atoms with Crippen LogP contribution in [0.2, 0.25) is 0 Å². The van der Waals surface area contributed by atoms with Gasteiger partial charge in [-0.1, -0.05) is 28.1 Å². The van der Waals surface area contributed by atoms with E-state index < -0.39 is 27.0 Å². The third kappa shape index (κ3) is 7.33. The quantitative estimate of drug-likeness (QED) is 0.305. The van der Waals surface area contributed by atoms with Crippen LogP contribution in [0.5, 0.6) is 17.2 Å². The van der Waals surface area contributed by atoms with Crippen LogP contribution in [0.15, 0.2) is 76.1 Å². The van der Waals surface area contributed by atoms with E-state index >= 15 is 0 Å². The van der Waals surface area contributed by atoms with Crippen LogP contribution in [-0.4, -0.2) is 51.0 Å². The molecule has 0 spiro atoms. The Bertz CT molecular complexity index is 1330. The standard InChI is InChI=1S/C26H26BrF3N2O5S/c27-20-5-12-25(24(17-20)37-26(28,29)30)38(34,35)32(18-19-3-8-22(33)9-4-19)21-6-10-23(11-7-21)36-16-15-31-13-1-2-14-31/h3-12,17,33H,1-2,13-16,18H2. The highest BCUT2D eigenvalue weighted by molar-refractivity contribution is 9.10. The molecule has 1 N–H and O–H groups in total. The summed E-state index contributed by atoms with van der Waals surface area (Å²) >= 11 is 3.07. The Hall–Kier alpha value is -2.96. The second kappa shape index (κ2) is 11.8. The first-order chi connectivity index (χ1) is 18.0. The number of anilines is 1. The fraction of sp³-hybridized carbons (Fsp3) is 0.308. The number of halogens is 4. The third-order valence-corrected chi connectivity index (χ3v) is 8.27. The zero-order valence-electron chi connectivity index (χ0n) is 20.2. The molecule has 0 bridgehead atoms. The highest BCUT2D eigenvalue weighted by Gasteiger charge is 2.36. The molecule has 7 nitrogen and oxygen atoms in total. The Labute approximate surface area is 227 Å². The number of alkyl halides is 3. The molecule has 0 saturated carbocycles. The normalized spacial score (nSPS) is 14.4. The van der Waals surface area contributed by atoms with E-state index in [0.29, 0.717) is 17.9 Å². The smallest absolute Gasteiger partial charge is 0.508 e. The van der Waals surface area contributed by atoms with Gasteiger partial charge in [-0.3, -0.25) is 9.21 Å². The summed E-state index contributed by atoms with van der Waals surface area (Å²) in [4.78, 5) is 1.65. The van der Waals surface area contributed by atoms with Gasteiger partial charge in [-0.05, 0) is 86.1 Å². The Morgan fingerprint density at radius 2 is 1.63 bits per heavy atom. The lowest BCUT2D eigenvalue weighted by molar-refractivity contribution is -0.275. The molecule has 0 unspecified atom stereocenters. The van der Waals surface area contributed by atoms with Crippen molar-refractivity contribution in [2.75, 3.05) is 30.5 Å². The zero-order valence-corrected chi connectivity index (χ0v) is 22.6. The molecule has 3 aromatic rings. The van der Waals surface area contributed by atoms with Gasteiger partial charge in [-0.15, -0.1) is 13.2 Å². The molecular formula is C26H26BrF3N2O5S. The van der Waals surface area contributed by atoms with Crippen LogP contribution < -0.4 is 13.8 Å². The number of ether oxygens (including phenoxy) is 2. The van der Waals surface area contributed by atoms with E-state index in [0.717, 1.165) is 36.1 Å². The number of sulfonamides is 1. The second-order valence-electron chi connectivity index (χ2n) is 8.71. The van der Waals surface area contributed by atoms with Crippen LogP contribution in [-0.2, 0) is 16.6 Å². The summed E-state index contributed by atoms with van der Waals surface area (Å²) in [7, 11) is -4.55. The van der Waals surface area contributed by atoms with Crippen LogP contribution in [0.1, 0.15) is 18.4 Å². The predicted octanol–water partition coefficient (Wildman–Crippen LogP) is 5.92. The number of benzene rings is 3. The Morgan fingerprint density at radius 3 is 2.26 bits per heavy atom. The molecule has 1 saturated heterocycles. The average Bonchev–Trinajstić information content (AvgIpc) is 3.37. The van der Waals surface area contributed by atoms with Crippen molar-refractivity contribution in [1.82, 2.24) is 4.90 Å². The zero-order chi connectivity index (χ0) is 27.3. The first-order valence-corrected chi connectivity index (χ1v) is 14.1. The highest BCUT2D eigenvalue weighted by atomic mass is 79.9. The molecule has 1 fully saturated rings. The maximum atomic E-state index is 13.8. The predicted molar refractivity (Wildman–Crippen MR) is 140 cm³/mol. The van der Waals surface area contributed by atoms with E-state index in [4.69, 9.17) is 4.74 Å². The van der Waals surface area contributed by atoms with Gasteiger partial charge in [0, 0.05) is 11.0 Å². The number of rotatable bonds is 10. The van der Waals surface area contributed by atoms with Crippen molar-refractivity contribution in [3.63, 3.8) is 0 Å². The molecule has 0 aromatic heterocycles. The van der Waals surface area contributed by atoms with Crippen LogP contribution in [0.4, 0.5) is 18.9 Å². The SMILES string of the molecule is O=S(=O)(c1ccc(Br)cc1OC(F)(F)F)N(Cc1ccc(O)cc1)c1ccc(OCCN2CCCC2)cc1. The lowest BCUT2D eigenvalue weighted by atomic mass is 10.2. The minimum Gasteiger partial charge on any atom is -0.508 e. The summed E-state index contributed by atoms with van der Waals surface area (Å²) < 4.78 is 78.0. The van der Waals surface area contributed by atoms with Crippen molar-refractivity contribution in [3.05, 3.63) is 76.8 Å². The lowest BCUT2D eigenvalue weighted by Gasteiger charge is -2.26. The van der Waals surface area contributed by atoms with Gasteiger partial charge in [0.25, 0.3) is 10.0 Å². The number of phenolic OH excluding ortho intramolecular Hbond substituents is 1. The maximum Gasteiger partial charge on any atom is 0.573 e. The summed E-state index contributed by atoms with van der Waals surface area (Å²) in [6.45, 7) is 3.14. The first-order valence-electron chi connectivity index (χ1n) is 11.8. The van der Waals surface area contributed by atoms with Crippen molar-refractivity contribution >= 4 is 31.6 Å². The molecule has 12 heteroatoms. The Kier molecular flexibility index (Phi) is 8.74. The summed E-state index contributed by atoms with van der Waals surface area (Å²) in [6, 6.07) is 15.5. The summed E-state index contributed by atoms with van der Waals surface area (Å²) in [5, 5.41) is 9.61. The molecule has 1 aliphatic rings. The van der Waals surface area contributed by atoms with Gasteiger partial charge in [0.2, 0.25) is 0 Å². The summed E-state index contributed by atoms with van der Waals surface area (Å²) in [5.74, 6) is -0.323. The molecular weight excluding hydrogens is 589 g/mol. The number of hydrogen-bond acceptors (Lipinski definition) is 6. The van der Waals surface area contributed by atoms with Gasteiger partial charge in [-0.25, -0.2) is 8.42 Å². The molecule has 204 valence electrons. The van der Waals surface area contributed by atoms with Crippen LogP contribution in [0, 0.1) is 0 Å². The van der Waals surface area contributed by atoms with E-state index in [1.54, 1.807) is 12.1 Å². The van der Waals surface area contributed by atoms with Crippen LogP contribution in [0.25, 0.3) is 0 Å². The minimum atomic E-state index is -5.10. The van der Waals surface area contributed by atoms with Crippen molar-refractivity contribution in [1.29, 1.82) is 0 Å². The molecule has 0 atom stereocenters. The fourth-order valence-electron chi connectivity index (χ4n) is 4.11. The average molecular weight is 615 g/mol. The monoisotopic (exact) mass is 614 g/mol. The second-order valence-corrected chi connectivity index (χ2v) is 11.5. The number of phenols is 1. The molecule has 38 heavy (non-hydrogen) atoms. The summed E-state index contributed by atoms with van der Waals surface area (Å²) in [5.41, 5.74) is 0.721. The third-order valence-electron chi connectivity index (χ3n) is 5.96. The van der Waals surface area contributed by atoms with Crippen LogP contribution in [0.3, 0.4) is 0 Å². The molecule has 1 heterocycles. The van der Waals surface area contributed by atoms with Crippen molar-refractivity contribution in [2.45, 2.75) is 30.6 Å². The van der Waals surface area contributed by atoms with Gasteiger partial charge in [0.1, 0.15) is 23.0 Å². The van der Waals surface area contributed by atoms with Crippen molar-refractivity contribution in [2.24, 2.45) is 0 Å². The van der Waals surface area contributed by atoms with Gasteiger partial charge < -0.3 is 14.6 Å². The number of aromatic hydroxyl groups is 1. The maximum absolute atomic E-state index is 13.8. The summed E-state index contributed by atoms with van der Waals surface area (Å²) in [6.07, 6.45) is -2.75. The fourth-order valence-corrected chi connectivity index (χ4v) is 6.00. The Morgan fingerprint density at radius 1 is 0.974 bits per heavy atom. The van der Waals surface area contributed by atoms with E-state index in [-0.39, 0.29) is 22.5 Å². The van der Waals surface area contributed by atoms with Gasteiger partial charge in [0.15, 0.2) is 5.75 Å². The molecule has 1 aliphatic heterocycles. The molecule has 4 rings (SSSR count). The van der Waals surface area contributed by atoms with Crippen molar-refractivity contribution < 1.29 is 36.2 Å². The highest BCUT2D eigenvalue weighted by Crippen LogP contribution is 2.36. The largest absolute Gasteiger partial charge is 0.573 e. The van der Waals surface area contributed by atoms with Gasteiger partial charge in [0.05, 0.1) is 12.2 Å². The van der Waals surface area contributed by atoms with Gasteiger partial charge >= 0.3 is 6.36 Å². The molecule has 0 aliphatic carbocycles. The van der Waals surface area contributed by atoms with Crippen molar-refractivity contribution in [3.8, 4) is 17.2 Å². The molecule has 0 amide bonds.